The van der Waals surface area contributed by atoms with Crippen LogP contribution in [0.1, 0.15) is 57.4 Å². The summed E-state index contributed by atoms with van der Waals surface area (Å²) < 4.78 is 5.93. The van der Waals surface area contributed by atoms with Gasteiger partial charge in [0.15, 0.2) is 0 Å². The fraction of sp³-hybridized carbons (Fsp3) is 0.667. The SMILES string of the molecule is CCCCCCCCc1ccc(OC2CCNC2)cc1Cl. The molecule has 0 spiro atoms. The third-order valence-corrected chi connectivity index (χ3v) is 4.49. The molecule has 2 nitrogen and oxygen atoms in total. The quantitative estimate of drug-likeness (QED) is 0.649. The van der Waals surface area contributed by atoms with E-state index in [1.54, 1.807) is 0 Å². The molecular formula is C18H28ClNO. The Bertz CT molecular complexity index is 416. The lowest BCUT2D eigenvalue weighted by Crippen LogP contribution is -2.19. The van der Waals surface area contributed by atoms with E-state index in [1.165, 1.54) is 44.1 Å². The fourth-order valence-electron chi connectivity index (χ4n) is 2.82. The van der Waals surface area contributed by atoms with Gasteiger partial charge in [-0.05, 0) is 43.5 Å². The van der Waals surface area contributed by atoms with Crippen molar-refractivity contribution in [2.75, 3.05) is 13.1 Å². The number of benzene rings is 1. The van der Waals surface area contributed by atoms with Crippen molar-refractivity contribution in [3.63, 3.8) is 0 Å². The number of unbranched alkanes of at least 4 members (excludes halogenated alkanes) is 5. The monoisotopic (exact) mass is 309 g/mol. The molecule has 118 valence electrons. The number of halogens is 1. The van der Waals surface area contributed by atoms with E-state index in [2.05, 4.69) is 24.4 Å². The first kappa shape index (κ1) is 16.6. The minimum absolute atomic E-state index is 0.297. The molecule has 1 atom stereocenters. The summed E-state index contributed by atoms with van der Waals surface area (Å²) in [4.78, 5) is 0. The van der Waals surface area contributed by atoms with E-state index in [0.717, 1.165) is 36.7 Å². The Morgan fingerprint density at radius 1 is 1.19 bits per heavy atom. The normalized spacial score (nSPS) is 18.1. The van der Waals surface area contributed by atoms with Crippen molar-refractivity contribution in [3.8, 4) is 5.75 Å². The van der Waals surface area contributed by atoms with Gasteiger partial charge in [0.2, 0.25) is 0 Å². The third kappa shape index (κ3) is 5.88. The molecule has 1 aliphatic heterocycles. The van der Waals surface area contributed by atoms with Crippen LogP contribution in [0.2, 0.25) is 5.02 Å². The predicted octanol–water partition coefficient (Wildman–Crippen LogP) is 4.98. The topological polar surface area (TPSA) is 21.3 Å². The first-order chi connectivity index (χ1) is 10.3. The molecule has 0 radical (unpaired) electrons. The second-order valence-electron chi connectivity index (χ2n) is 6.00. The van der Waals surface area contributed by atoms with Crippen LogP contribution in [0.3, 0.4) is 0 Å². The van der Waals surface area contributed by atoms with Crippen LogP contribution >= 0.6 is 11.6 Å². The van der Waals surface area contributed by atoms with Gasteiger partial charge in [-0.2, -0.15) is 0 Å². The van der Waals surface area contributed by atoms with Crippen molar-refractivity contribution in [3.05, 3.63) is 28.8 Å². The average molecular weight is 310 g/mol. The highest BCUT2D eigenvalue weighted by Crippen LogP contribution is 2.25. The smallest absolute Gasteiger partial charge is 0.121 e. The molecule has 1 aliphatic rings. The summed E-state index contributed by atoms with van der Waals surface area (Å²) in [6.45, 7) is 4.25. The van der Waals surface area contributed by atoms with Crippen molar-refractivity contribution in [1.29, 1.82) is 0 Å². The van der Waals surface area contributed by atoms with Crippen LogP contribution in [-0.2, 0) is 6.42 Å². The average Bonchev–Trinajstić information content (AvgIpc) is 2.97. The Hall–Kier alpha value is -0.730. The van der Waals surface area contributed by atoms with Gasteiger partial charge < -0.3 is 10.1 Å². The highest BCUT2D eigenvalue weighted by Gasteiger charge is 2.16. The van der Waals surface area contributed by atoms with Crippen molar-refractivity contribution in [1.82, 2.24) is 5.32 Å². The summed E-state index contributed by atoms with van der Waals surface area (Å²) >= 11 is 6.38. The van der Waals surface area contributed by atoms with E-state index < -0.39 is 0 Å². The van der Waals surface area contributed by atoms with Crippen LogP contribution in [0.4, 0.5) is 0 Å². The number of aryl methyl sites for hydroxylation is 1. The second kappa shape index (κ2) is 9.32. The van der Waals surface area contributed by atoms with E-state index in [-0.39, 0.29) is 0 Å². The second-order valence-corrected chi connectivity index (χ2v) is 6.41. The standard InChI is InChI=1S/C18H28ClNO/c1-2-3-4-5-6-7-8-15-9-10-16(13-18(15)19)21-17-11-12-20-14-17/h9-10,13,17,20H,2-8,11-12,14H2,1H3. The molecule has 21 heavy (non-hydrogen) atoms. The predicted molar refractivity (Wildman–Crippen MR) is 90.4 cm³/mol. The van der Waals surface area contributed by atoms with Crippen LogP contribution < -0.4 is 10.1 Å². The molecule has 1 saturated heterocycles. The summed E-state index contributed by atoms with van der Waals surface area (Å²) in [5, 5.41) is 4.16. The Morgan fingerprint density at radius 3 is 2.71 bits per heavy atom. The van der Waals surface area contributed by atoms with Gasteiger partial charge in [0.05, 0.1) is 0 Å². The maximum absolute atomic E-state index is 6.38. The molecule has 1 fully saturated rings. The summed E-state index contributed by atoms with van der Waals surface area (Å²) in [5.74, 6) is 0.903. The number of rotatable bonds is 9. The number of hydrogen-bond acceptors (Lipinski definition) is 2. The lowest BCUT2D eigenvalue weighted by Gasteiger charge is -2.13. The molecule has 0 aromatic heterocycles. The maximum atomic E-state index is 6.38. The van der Waals surface area contributed by atoms with E-state index in [1.807, 2.05) is 6.07 Å². The first-order valence-electron chi connectivity index (χ1n) is 8.45. The first-order valence-corrected chi connectivity index (χ1v) is 8.83. The minimum atomic E-state index is 0.297. The molecule has 1 N–H and O–H groups in total. The van der Waals surface area contributed by atoms with E-state index >= 15 is 0 Å². The van der Waals surface area contributed by atoms with Crippen LogP contribution in [0.5, 0.6) is 5.75 Å². The number of hydrogen-bond donors (Lipinski definition) is 1. The van der Waals surface area contributed by atoms with Gasteiger partial charge in [0.25, 0.3) is 0 Å². The van der Waals surface area contributed by atoms with Gasteiger partial charge in [-0.15, -0.1) is 0 Å². The minimum Gasteiger partial charge on any atom is -0.489 e. The van der Waals surface area contributed by atoms with Gasteiger partial charge in [0, 0.05) is 11.6 Å². The van der Waals surface area contributed by atoms with Gasteiger partial charge >= 0.3 is 0 Å². The molecule has 0 amide bonds. The lowest BCUT2D eigenvalue weighted by molar-refractivity contribution is 0.223. The van der Waals surface area contributed by atoms with Crippen molar-refractivity contribution in [2.24, 2.45) is 0 Å². The van der Waals surface area contributed by atoms with Crippen LogP contribution in [-0.4, -0.2) is 19.2 Å². The van der Waals surface area contributed by atoms with Gasteiger partial charge in [-0.3, -0.25) is 0 Å². The fourth-order valence-corrected chi connectivity index (χ4v) is 3.09. The molecule has 1 heterocycles. The molecule has 1 aromatic rings. The Balaban J connectivity index is 1.73. The summed E-state index contributed by atoms with van der Waals surface area (Å²) in [5.41, 5.74) is 1.25. The lowest BCUT2D eigenvalue weighted by atomic mass is 10.0. The highest BCUT2D eigenvalue weighted by molar-refractivity contribution is 6.31. The van der Waals surface area contributed by atoms with E-state index in [0.29, 0.717) is 6.10 Å². The van der Waals surface area contributed by atoms with E-state index in [9.17, 15) is 0 Å². The number of ether oxygens (including phenoxy) is 1. The van der Waals surface area contributed by atoms with Crippen molar-refractivity contribution < 1.29 is 4.74 Å². The molecule has 3 heteroatoms. The maximum Gasteiger partial charge on any atom is 0.121 e. The summed E-state index contributed by atoms with van der Waals surface area (Å²) in [6.07, 6.45) is 10.4. The Morgan fingerprint density at radius 2 is 2.00 bits per heavy atom. The number of nitrogens with one attached hydrogen (secondary N) is 1. The van der Waals surface area contributed by atoms with Crippen LogP contribution in [0.15, 0.2) is 18.2 Å². The summed E-state index contributed by atoms with van der Waals surface area (Å²) in [6, 6.07) is 6.18. The van der Waals surface area contributed by atoms with Crippen molar-refractivity contribution >= 4 is 11.6 Å². The van der Waals surface area contributed by atoms with Crippen LogP contribution in [0.25, 0.3) is 0 Å². The molecule has 1 aromatic carbocycles. The molecule has 0 bridgehead atoms. The van der Waals surface area contributed by atoms with Gasteiger partial charge in [-0.1, -0.05) is 56.7 Å². The highest BCUT2D eigenvalue weighted by atomic mass is 35.5. The third-order valence-electron chi connectivity index (χ3n) is 4.14. The summed E-state index contributed by atoms with van der Waals surface area (Å²) in [7, 11) is 0. The van der Waals surface area contributed by atoms with Crippen molar-refractivity contribution in [2.45, 2.75) is 64.4 Å². The van der Waals surface area contributed by atoms with Gasteiger partial charge in [0.1, 0.15) is 11.9 Å². The molecule has 0 aliphatic carbocycles. The van der Waals surface area contributed by atoms with Gasteiger partial charge in [-0.25, -0.2) is 0 Å². The zero-order valence-corrected chi connectivity index (χ0v) is 13.9. The zero-order chi connectivity index (χ0) is 14.9. The molecule has 0 saturated carbocycles. The Labute approximate surface area is 134 Å². The molecule has 1 unspecified atom stereocenters. The van der Waals surface area contributed by atoms with E-state index in [4.69, 9.17) is 16.3 Å². The Kier molecular flexibility index (Phi) is 7.38. The largest absolute Gasteiger partial charge is 0.489 e. The molecular weight excluding hydrogens is 282 g/mol. The molecule has 2 rings (SSSR count). The van der Waals surface area contributed by atoms with Crippen LogP contribution in [0, 0.1) is 0 Å². The zero-order valence-electron chi connectivity index (χ0n) is 13.2.